The molecule has 2 aromatic rings. The molecule has 3 nitrogen and oxygen atoms in total. The Hall–Kier alpha value is -1.05. The number of amidine groups is 1. The first kappa shape index (κ1) is 15.8. The molecule has 2 aliphatic rings. The van der Waals surface area contributed by atoms with Crippen molar-refractivity contribution in [1.82, 2.24) is 10.2 Å². The highest BCUT2D eigenvalue weighted by atomic mass is 127. The predicted molar refractivity (Wildman–Crippen MR) is 103 cm³/mol. The van der Waals surface area contributed by atoms with Crippen LogP contribution >= 0.6 is 35.7 Å². The van der Waals surface area contributed by atoms with Crippen LogP contribution in [0.4, 0.5) is 5.69 Å². The van der Waals surface area contributed by atoms with Crippen molar-refractivity contribution in [2.75, 3.05) is 26.2 Å². The van der Waals surface area contributed by atoms with Gasteiger partial charge in [0.2, 0.25) is 0 Å². The van der Waals surface area contributed by atoms with Gasteiger partial charge in [-0.1, -0.05) is 42.1 Å². The molecule has 2 aromatic carbocycles. The lowest BCUT2D eigenvalue weighted by molar-refractivity contribution is 0.358. The van der Waals surface area contributed by atoms with Gasteiger partial charge in [0.05, 0.1) is 5.69 Å². The number of halogens is 1. The summed E-state index contributed by atoms with van der Waals surface area (Å²) >= 11 is 1.81. The minimum absolute atomic E-state index is 0. The lowest BCUT2D eigenvalue weighted by Gasteiger charge is -2.30. The Morgan fingerprint density at radius 2 is 1.59 bits per heavy atom. The molecule has 114 valence electrons. The summed E-state index contributed by atoms with van der Waals surface area (Å²) in [5.41, 5.74) is 2.33. The summed E-state index contributed by atoms with van der Waals surface area (Å²) in [6.45, 7) is 4.08. The number of para-hydroxylation sites is 1. The van der Waals surface area contributed by atoms with Crippen molar-refractivity contribution in [3.63, 3.8) is 0 Å². The molecule has 4 rings (SSSR count). The van der Waals surface area contributed by atoms with Gasteiger partial charge < -0.3 is 10.2 Å². The monoisotopic (exact) mass is 423 g/mol. The summed E-state index contributed by atoms with van der Waals surface area (Å²) in [6, 6.07) is 17.0. The first-order valence-electron chi connectivity index (χ1n) is 7.32. The van der Waals surface area contributed by atoms with Crippen LogP contribution in [0.5, 0.6) is 0 Å². The second-order valence-electron chi connectivity index (χ2n) is 5.24. The fourth-order valence-corrected chi connectivity index (χ4v) is 3.80. The Morgan fingerprint density at radius 3 is 2.41 bits per heavy atom. The van der Waals surface area contributed by atoms with Crippen LogP contribution in [0.25, 0.3) is 0 Å². The van der Waals surface area contributed by atoms with Crippen LogP contribution < -0.4 is 5.32 Å². The van der Waals surface area contributed by atoms with Crippen molar-refractivity contribution < 1.29 is 0 Å². The summed E-state index contributed by atoms with van der Waals surface area (Å²) in [4.78, 5) is 9.92. The van der Waals surface area contributed by atoms with E-state index in [2.05, 4.69) is 58.7 Å². The van der Waals surface area contributed by atoms with E-state index in [1.807, 2.05) is 11.8 Å². The maximum absolute atomic E-state index is 5.00. The summed E-state index contributed by atoms with van der Waals surface area (Å²) in [7, 11) is 0. The van der Waals surface area contributed by atoms with E-state index in [1.54, 1.807) is 0 Å². The summed E-state index contributed by atoms with van der Waals surface area (Å²) in [6.07, 6.45) is 0. The third-order valence-electron chi connectivity index (χ3n) is 3.86. The Balaban J connectivity index is 0.00000144. The molecule has 1 saturated heterocycles. The van der Waals surface area contributed by atoms with Gasteiger partial charge in [-0.25, -0.2) is 4.99 Å². The van der Waals surface area contributed by atoms with Gasteiger partial charge in [-0.2, -0.15) is 0 Å². The maximum atomic E-state index is 5.00. The van der Waals surface area contributed by atoms with Crippen LogP contribution in [0, 0.1) is 0 Å². The van der Waals surface area contributed by atoms with Crippen LogP contribution in [-0.2, 0) is 0 Å². The molecule has 5 heteroatoms. The number of fused-ring (bicyclic) bond motifs is 2. The molecule has 1 fully saturated rings. The fraction of sp³-hybridized carbons (Fsp3) is 0.235. The highest BCUT2D eigenvalue weighted by molar-refractivity contribution is 14.0. The zero-order chi connectivity index (χ0) is 14.1. The third kappa shape index (κ3) is 3.02. The molecule has 0 bridgehead atoms. The van der Waals surface area contributed by atoms with Crippen molar-refractivity contribution >= 4 is 47.3 Å². The fourth-order valence-electron chi connectivity index (χ4n) is 2.79. The van der Waals surface area contributed by atoms with Gasteiger partial charge in [-0.3, -0.25) is 0 Å². The van der Waals surface area contributed by atoms with Crippen LogP contribution in [0.3, 0.4) is 0 Å². The van der Waals surface area contributed by atoms with Crippen molar-refractivity contribution in [3.8, 4) is 0 Å². The minimum Gasteiger partial charge on any atom is -0.354 e. The second-order valence-corrected chi connectivity index (χ2v) is 6.32. The van der Waals surface area contributed by atoms with Crippen molar-refractivity contribution in [1.29, 1.82) is 0 Å². The van der Waals surface area contributed by atoms with Crippen LogP contribution in [0.2, 0.25) is 0 Å². The van der Waals surface area contributed by atoms with Crippen molar-refractivity contribution in [2.45, 2.75) is 9.79 Å². The van der Waals surface area contributed by atoms with E-state index in [-0.39, 0.29) is 24.0 Å². The van der Waals surface area contributed by atoms with E-state index < -0.39 is 0 Å². The molecule has 0 amide bonds. The number of rotatable bonds is 0. The Bertz CT molecular complexity index is 696. The number of piperazine rings is 1. The number of benzene rings is 2. The Labute approximate surface area is 152 Å². The molecule has 0 atom stereocenters. The van der Waals surface area contributed by atoms with Gasteiger partial charge in [0.1, 0.15) is 5.84 Å². The van der Waals surface area contributed by atoms with E-state index in [0.29, 0.717) is 0 Å². The topological polar surface area (TPSA) is 27.6 Å². The quantitative estimate of drug-likeness (QED) is 0.655. The van der Waals surface area contributed by atoms with E-state index in [4.69, 9.17) is 4.99 Å². The minimum atomic E-state index is 0. The first-order chi connectivity index (χ1) is 10.4. The molecule has 1 N–H and O–H groups in total. The summed E-state index contributed by atoms with van der Waals surface area (Å²) in [5, 5.41) is 3.41. The Kier molecular flexibility index (Phi) is 5.05. The SMILES string of the molecule is I.c1ccc2c(c1)N=C(N1CCNCC1)c1ccccc1S2. The maximum Gasteiger partial charge on any atom is 0.137 e. The zero-order valence-corrected chi connectivity index (χ0v) is 15.3. The van der Waals surface area contributed by atoms with Gasteiger partial charge in [0.25, 0.3) is 0 Å². The van der Waals surface area contributed by atoms with E-state index in [0.717, 1.165) is 37.7 Å². The van der Waals surface area contributed by atoms with E-state index in [9.17, 15) is 0 Å². The lowest BCUT2D eigenvalue weighted by atomic mass is 10.1. The van der Waals surface area contributed by atoms with Crippen LogP contribution in [-0.4, -0.2) is 36.9 Å². The number of hydrogen-bond acceptors (Lipinski definition) is 4. The van der Waals surface area contributed by atoms with Gasteiger partial charge in [0.15, 0.2) is 0 Å². The van der Waals surface area contributed by atoms with E-state index in [1.165, 1.54) is 15.4 Å². The third-order valence-corrected chi connectivity index (χ3v) is 5.00. The molecular formula is C17H18IN3S. The number of aliphatic imine (C=N–C) groups is 1. The normalized spacial score (nSPS) is 16.7. The first-order valence-corrected chi connectivity index (χ1v) is 8.14. The molecular weight excluding hydrogens is 405 g/mol. The lowest BCUT2D eigenvalue weighted by Crippen LogP contribution is -2.46. The molecule has 2 aliphatic heterocycles. The van der Waals surface area contributed by atoms with Crippen LogP contribution in [0.1, 0.15) is 5.56 Å². The highest BCUT2D eigenvalue weighted by Gasteiger charge is 2.22. The molecule has 0 radical (unpaired) electrons. The molecule has 0 saturated carbocycles. The molecule has 2 heterocycles. The average Bonchev–Trinajstić information content (AvgIpc) is 2.72. The summed E-state index contributed by atoms with van der Waals surface area (Å²) in [5.74, 6) is 1.12. The molecule has 0 unspecified atom stereocenters. The number of nitrogens with zero attached hydrogens (tertiary/aromatic N) is 2. The number of nitrogens with one attached hydrogen (secondary N) is 1. The molecule has 22 heavy (non-hydrogen) atoms. The summed E-state index contributed by atoms with van der Waals surface area (Å²) < 4.78 is 0. The van der Waals surface area contributed by atoms with Gasteiger partial charge >= 0.3 is 0 Å². The van der Waals surface area contributed by atoms with Crippen molar-refractivity contribution in [3.05, 3.63) is 54.1 Å². The predicted octanol–water partition coefficient (Wildman–Crippen LogP) is 3.75. The van der Waals surface area contributed by atoms with Gasteiger partial charge in [0, 0.05) is 41.5 Å². The standard InChI is InChI=1S/C17H17N3S.HI/c1-3-7-15-13(5-1)17(20-11-9-18-10-12-20)19-14-6-2-4-8-16(14)21-15;/h1-8,18H,9-12H2;1H. The Morgan fingerprint density at radius 1 is 0.909 bits per heavy atom. The molecule has 0 aliphatic carbocycles. The van der Waals surface area contributed by atoms with Crippen LogP contribution in [0.15, 0.2) is 63.3 Å². The smallest absolute Gasteiger partial charge is 0.137 e. The highest BCUT2D eigenvalue weighted by Crippen LogP contribution is 2.40. The largest absolute Gasteiger partial charge is 0.354 e. The zero-order valence-electron chi connectivity index (χ0n) is 12.2. The number of hydrogen-bond donors (Lipinski definition) is 1. The van der Waals surface area contributed by atoms with Crippen molar-refractivity contribution in [2.24, 2.45) is 4.99 Å². The molecule has 0 aromatic heterocycles. The van der Waals surface area contributed by atoms with E-state index >= 15 is 0 Å². The molecule has 0 spiro atoms. The van der Waals surface area contributed by atoms with Gasteiger partial charge in [-0.15, -0.1) is 24.0 Å². The van der Waals surface area contributed by atoms with Gasteiger partial charge in [-0.05, 0) is 18.2 Å². The second kappa shape index (κ2) is 7.02. The average molecular weight is 423 g/mol.